The third kappa shape index (κ3) is 5.22. The van der Waals surface area contributed by atoms with Gasteiger partial charge in [0.2, 0.25) is 0 Å². The molecule has 0 amide bonds. The van der Waals surface area contributed by atoms with E-state index in [1.54, 1.807) is 6.07 Å². The van der Waals surface area contributed by atoms with E-state index < -0.39 is 19.8 Å². The van der Waals surface area contributed by atoms with Gasteiger partial charge in [0, 0.05) is 6.54 Å². The summed E-state index contributed by atoms with van der Waals surface area (Å²) in [6, 6.07) is 5.57. The van der Waals surface area contributed by atoms with Gasteiger partial charge in [-0.3, -0.25) is 0 Å². The zero-order chi connectivity index (χ0) is 14.0. The van der Waals surface area contributed by atoms with Crippen molar-refractivity contribution in [3.05, 3.63) is 35.4 Å². The van der Waals surface area contributed by atoms with Crippen molar-refractivity contribution >= 4 is 8.07 Å². The Balaban J connectivity index is 2.74. The van der Waals surface area contributed by atoms with Gasteiger partial charge in [-0.25, -0.2) is 0 Å². The molecule has 0 radical (unpaired) electrons. The van der Waals surface area contributed by atoms with Gasteiger partial charge in [0.05, 0.1) is 13.6 Å². The van der Waals surface area contributed by atoms with E-state index in [-0.39, 0.29) is 0 Å². The number of alkyl halides is 3. The summed E-state index contributed by atoms with van der Waals surface area (Å²) in [7, 11) is 0.736. The van der Waals surface area contributed by atoms with Crippen LogP contribution in [0.3, 0.4) is 0 Å². The largest absolute Gasteiger partial charge is 0.416 e. The van der Waals surface area contributed by atoms with Crippen molar-refractivity contribution in [2.24, 2.45) is 0 Å². The van der Waals surface area contributed by atoms with Crippen LogP contribution in [0.2, 0.25) is 19.6 Å². The van der Waals surface area contributed by atoms with Crippen LogP contribution in [0, 0.1) is 0 Å². The molecule has 0 fully saturated rings. The van der Waals surface area contributed by atoms with E-state index in [2.05, 4.69) is 24.5 Å². The van der Waals surface area contributed by atoms with Crippen molar-refractivity contribution in [2.75, 3.05) is 13.2 Å². The average molecular weight is 275 g/mol. The lowest BCUT2D eigenvalue weighted by atomic mass is 10.1. The van der Waals surface area contributed by atoms with Crippen molar-refractivity contribution < 1.29 is 13.2 Å². The molecule has 102 valence electrons. The van der Waals surface area contributed by atoms with Gasteiger partial charge < -0.3 is 4.90 Å². The number of hydrogen-bond acceptors (Lipinski definition) is 1. The minimum Gasteiger partial charge on any atom is -0.305 e. The lowest BCUT2D eigenvalue weighted by Crippen LogP contribution is -2.37. The second kappa shape index (κ2) is 5.44. The van der Waals surface area contributed by atoms with Gasteiger partial charge in [-0.05, 0) is 24.8 Å². The van der Waals surface area contributed by atoms with E-state index in [0.29, 0.717) is 12.1 Å². The monoisotopic (exact) mass is 275 g/mol. The summed E-state index contributed by atoms with van der Waals surface area (Å²) < 4.78 is 37.7. The smallest absolute Gasteiger partial charge is 0.305 e. The molecule has 0 unspecified atom stereocenters. The highest BCUT2D eigenvalue weighted by Crippen LogP contribution is 2.29. The Hall–Kier alpha value is -0.813. The molecule has 1 aromatic rings. The van der Waals surface area contributed by atoms with Gasteiger partial charge in [0.1, 0.15) is 0 Å². The maximum atomic E-state index is 12.6. The second-order valence-corrected chi connectivity index (χ2v) is 11.4. The Morgan fingerprint density at radius 2 is 1.78 bits per heavy atom. The molecule has 0 aliphatic carbocycles. The van der Waals surface area contributed by atoms with Crippen LogP contribution < -0.4 is 0 Å². The van der Waals surface area contributed by atoms with Crippen LogP contribution in [-0.2, 0) is 12.7 Å². The first kappa shape index (κ1) is 15.2. The van der Waals surface area contributed by atoms with Crippen LogP contribution in [-0.4, -0.2) is 26.2 Å². The Morgan fingerprint density at radius 1 is 1.17 bits per heavy atom. The predicted molar refractivity (Wildman–Crippen MR) is 71.1 cm³/mol. The molecule has 0 atom stereocenters. The standard InChI is InChI=1S/C13H20F3NSi/c1-17(10-18(2,3)4)9-11-6-5-7-12(8-11)13(14,15)16/h5-8H,9-10H2,1-4H3. The summed E-state index contributed by atoms with van der Waals surface area (Å²) in [6.45, 7) is 7.30. The molecule has 0 heterocycles. The minimum absolute atomic E-state index is 0.564. The first-order chi connectivity index (χ1) is 8.08. The van der Waals surface area contributed by atoms with Gasteiger partial charge in [-0.1, -0.05) is 37.8 Å². The second-order valence-electron chi connectivity index (χ2n) is 5.93. The number of nitrogens with zero attached hydrogens (tertiary/aromatic N) is 1. The molecule has 0 aliphatic heterocycles. The molecule has 0 aromatic heterocycles. The summed E-state index contributed by atoms with van der Waals surface area (Å²) in [6.07, 6.45) is -3.28. The van der Waals surface area contributed by atoms with E-state index in [9.17, 15) is 13.2 Å². The van der Waals surface area contributed by atoms with Crippen LogP contribution in [0.15, 0.2) is 24.3 Å². The Morgan fingerprint density at radius 3 is 2.28 bits per heavy atom. The highest BCUT2D eigenvalue weighted by Gasteiger charge is 2.30. The lowest BCUT2D eigenvalue weighted by molar-refractivity contribution is -0.137. The van der Waals surface area contributed by atoms with Crippen LogP contribution in [0.25, 0.3) is 0 Å². The van der Waals surface area contributed by atoms with E-state index in [1.807, 2.05) is 7.05 Å². The van der Waals surface area contributed by atoms with Crippen molar-refractivity contribution in [2.45, 2.75) is 32.4 Å². The van der Waals surface area contributed by atoms with Gasteiger partial charge in [0.15, 0.2) is 0 Å². The van der Waals surface area contributed by atoms with Crippen molar-refractivity contribution in [3.63, 3.8) is 0 Å². The first-order valence-corrected chi connectivity index (χ1v) is 9.63. The molecule has 1 nitrogen and oxygen atoms in total. The fraction of sp³-hybridized carbons (Fsp3) is 0.538. The van der Waals surface area contributed by atoms with E-state index in [0.717, 1.165) is 12.2 Å². The third-order valence-corrected chi connectivity index (χ3v) is 3.94. The van der Waals surface area contributed by atoms with E-state index >= 15 is 0 Å². The SMILES string of the molecule is CN(Cc1cccc(C(F)(F)F)c1)C[Si](C)(C)C. The summed E-state index contributed by atoms with van der Waals surface area (Å²) >= 11 is 0. The molecule has 18 heavy (non-hydrogen) atoms. The van der Waals surface area contributed by atoms with Gasteiger partial charge in [0.25, 0.3) is 0 Å². The zero-order valence-electron chi connectivity index (χ0n) is 11.3. The van der Waals surface area contributed by atoms with Gasteiger partial charge in [-0.15, -0.1) is 0 Å². The Bertz CT molecular complexity index is 396. The third-order valence-electron chi connectivity index (χ3n) is 2.45. The fourth-order valence-corrected chi connectivity index (χ4v) is 3.75. The molecule has 1 rings (SSSR count). The minimum atomic E-state index is -4.26. The molecule has 0 bridgehead atoms. The van der Waals surface area contributed by atoms with Crippen molar-refractivity contribution in [3.8, 4) is 0 Å². The topological polar surface area (TPSA) is 3.24 Å². The molecule has 0 spiro atoms. The molecular formula is C13H20F3NSi. The molecule has 1 aromatic carbocycles. The summed E-state index contributed by atoms with van der Waals surface area (Å²) in [4.78, 5) is 2.10. The van der Waals surface area contributed by atoms with Crippen LogP contribution >= 0.6 is 0 Å². The maximum absolute atomic E-state index is 12.6. The van der Waals surface area contributed by atoms with E-state index in [1.165, 1.54) is 12.1 Å². The molecule has 0 saturated carbocycles. The summed E-state index contributed by atoms with van der Waals surface area (Å²) in [5.74, 6) is 0. The van der Waals surface area contributed by atoms with Crippen molar-refractivity contribution in [1.29, 1.82) is 0 Å². The molecule has 5 heteroatoms. The first-order valence-electron chi connectivity index (χ1n) is 5.93. The number of hydrogen-bond donors (Lipinski definition) is 0. The molecule has 0 aliphatic rings. The molecule has 0 saturated heterocycles. The molecule has 0 N–H and O–H groups in total. The van der Waals surface area contributed by atoms with E-state index in [4.69, 9.17) is 0 Å². The summed E-state index contributed by atoms with van der Waals surface area (Å²) in [5, 5.41) is 0. The maximum Gasteiger partial charge on any atom is 0.416 e. The van der Waals surface area contributed by atoms with Crippen LogP contribution in [0.4, 0.5) is 13.2 Å². The Kier molecular flexibility index (Phi) is 4.61. The highest BCUT2D eigenvalue weighted by molar-refractivity contribution is 6.76. The lowest BCUT2D eigenvalue weighted by Gasteiger charge is -2.25. The fourth-order valence-electron chi connectivity index (χ4n) is 2.02. The number of rotatable bonds is 4. The van der Waals surface area contributed by atoms with Crippen LogP contribution in [0.5, 0.6) is 0 Å². The quantitative estimate of drug-likeness (QED) is 0.750. The summed E-state index contributed by atoms with van der Waals surface area (Å²) in [5.41, 5.74) is 0.145. The van der Waals surface area contributed by atoms with Gasteiger partial charge in [-0.2, -0.15) is 13.2 Å². The zero-order valence-corrected chi connectivity index (χ0v) is 12.3. The predicted octanol–water partition coefficient (Wildman–Crippen LogP) is 4.01. The van der Waals surface area contributed by atoms with Gasteiger partial charge >= 0.3 is 6.18 Å². The molecular weight excluding hydrogens is 255 g/mol. The average Bonchev–Trinajstić information content (AvgIpc) is 2.13. The highest BCUT2D eigenvalue weighted by atomic mass is 28.3. The normalized spacial score (nSPS) is 13.1. The number of halogens is 3. The number of benzene rings is 1. The van der Waals surface area contributed by atoms with Crippen LogP contribution in [0.1, 0.15) is 11.1 Å². The Labute approximate surface area is 108 Å². The van der Waals surface area contributed by atoms with Crippen molar-refractivity contribution in [1.82, 2.24) is 4.90 Å².